The van der Waals surface area contributed by atoms with Gasteiger partial charge in [-0.05, 0) is 26.3 Å². The van der Waals surface area contributed by atoms with E-state index in [1.807, 2.05) is 0 Å². The SMILES string of the molecule is CCc1cc2c(N(C)C(C)(C)CBr)ncnc2s1. The minimum Gasteiger partial charge on any atom is -0.353 e. The monoisotopic (exact) mass is 327 g/mol. The highest BCUT2D eigenvalue weighted by atomic mass is 79.9. The lowest BCUT2D eigenvalue weighted by molar-refractivity contribution is 0.548. The van der Waals surface area contributed by atoms with Gasteiger partial charge >= 0.3 is 0 Å². The smallest absolute Gasteiger partial charge is 0.140 e. The Morgan fingerprint density at radius 3 is 2.72 bits per heavy atom. The third-order valence-electron chi connectivity index (χ3n) is 3.26. The fourth-order valence-electron chi connectivity index (χ4n) is 1.71. The number of fused-ring (bicyclic) bond motifs is 1. The zero-order valence-electron chi connectivity index (χ0n) is 11.2. The average Bonchev–Trinajstić information content (AvgIpc) is 2.80. The first-order chi connectivity index (χ1) is 8.49. The van der Waals surface area contributed by atoms with Crippen molar-refractivity contribution in [1.29, 1.82) is 0 Å². The Morgan fingerprint density at radius 1 is 1.39 bits per heavy atom. The molecule has 0 unspecified atom stereocenters. The van der Waals surface area contributed by atoms with E-state index in [0.717, 1.165) is 27.8 Å². The number of hydrogen-bond donors (Lipinski definition) is 0. The van der Waals surface area contributed by atoms with Crippen LogP contribution >= 0.6 is 27.3 Å². The Labute approximate surface area is 120 Å². The molecular weight excluding hydrogens is 310 g/mol. The van der Waals surface area contributed by atoms with Crippen molar-refractivity contribution in [1.82, 2.24) is 9.97 Å². The molecule has 0 fully saturated rings. The Kier molecular flexibility index (Phi) is 3.92. The number of thiophene rings is 1. The molecule has 2 rings (SSSR count). The minimum atomic E-state index is 0.0234. The molecule has 0 atom stereocenters. The van der Waals surface area contributed by atoms with E-state index in [1.54, 1.807) is 17.7 Å². The van der Waals surface area contributed by atoms with Crippen LogP contribution in [0.5, 0.6) is 0 Å². The fraction of sp³-hybridized carbons (Fsp3) is 0.538. The second-order valence-electron chi connectivity index (χ2n) is 4.99. The van der Waals surface area contributed by atoms with Crippen LogP contribution in [0.1, 0.15) is 25.6 Å². The number of halogens is 1. The lowest BCUT2D eigenvalue weighted by Gasteiger charge is -2.35. The number of alkyl halides is 1. The molecule has 2 aromatic rings. The van der Waals surface area contributed by atoms with Crippen LogP contribution in [0.3, 0.4) is 0 Å². The van der Waals surface area contributed by atoms with E-state index < -0.39 is 0 Å². The lowest BCUT2D eigenvalue weighted by Crippen LogP contribution is -2.43. The van der Waals surface area contributed by atoms with E-state index >= 15 is 0 Å². The maximum Gasteiger partial charge on any atom is 0.140 e. The Bertz CT molecular complexity index is 550. The summed E-state index contributed by atoms with van der Waals surface area (Å²) in [5.41, 5.74) is 0.0234. The summed E-state index contributed by atoms with van der Waals surface area (Å²) in [6.07, 6.45) is 2.71. The van der Waals surface area contributed by atoms with E-state index in [0.29, 0.717) is 0 Å². The number of hydrogen-bond acceptors (Lipinski definition) is 4. The standard InChI is InChI=1S/C13H18BrN3S/c1-5-9-6-10-11(15-8-16-12(10)18-9)17(4)13(2,3)7-14/h6,8H,5,7H2,1-4H3. The molecule has 0 aliphatic heterocycles. The van der Waals surface area contributed by atoms with Gasteiger partial charge in [0, 0.05) is 22.8 Å². The van der Waals surface area contributed by atoms with E-state index in [1.165, 1.54) is 4.88 Å². The molecule has 0 aliphatic carbocycles. The van der Waals surface area contributed by atoms with Crippen molar-refractivity contribution < 1.29 is 0 Å². The van der Waals surface area contributed by atoms with Gasteiger partial charge in [-0.3, -0.25) is 0 Å². The molecule has 0 aromatic carbocycles. The van der Waals surface area contributed by atoms with E-state index in [-0.39, 0.29) is 5.54 Å². The summed E-state index contributed by atoms with van der Waals surface area (Å²) in [4.78, 5) is 13.5. The van der Waals surface area contributed by atoms with Gasteiger partial charge in [-0.1, -0.05) is 22.9 Å². The summed E-state index contributed by atoms with van der Waals surface area (Å²) in [5.74, 6) is 1.01. The summed E-state index contributed by atoms with van der Waals surface area (Å²) in [6.45, 7) is 6.57. The molecule has 0 aliphatic rings. The first-order valence-electron chi connectivity index (χ1n) is 6.03. The van der Waals surface area contributed by atoms with Gasteiger partial charge in [-0.25, -0.2) is 9.97 Å². The number of aryl methyl sites for hydroxylation is 1. The van der Waals surface area contributed by atoms with E-state index in [2.05, 4.69) is 64.7 Å². The zero-order chi connectivity index (χ0) is 13.3. The van der Waals surface area contributed by atoms with Crippen LogP contribution in [0.4, 0.5) is 5.82 Å². The van der Waals surface area contributed by atoms with Crippen molar-refractivity contribution >= 4 is 43.3 Å². The van der Waals surface area contributed by atoms with Crippen LogP contribution in [-0.4, -0.2) is 27.9 Å². The topological polar surface area (TPSA) is 29.0 Å². The highest BCUT2D eigenvalue weighted by Crippen LogP contribution is 2.32. The van der Waals surface area contributed by atoms with Crippen molar-refractivity contribution in [2.75, 3.05) is 17.3 Å². The molecule has 0 saturated heterocycles. The third kappa shape index (κ3) is 2.38. The molecule has 98 valence electrons. The number of nitrogens with zero attached hydrogens (tertiary/aromatic N) is 3. The van der Waals surface area contributed by atoms with Crippen molar-refractivity contribution in [2.24, 2.45) is 0 Å². The van der Waals surface area contributed by atoms with E-state index in [9.17, 15) is 0 Å². The normalized spacial score (nSPS) is 12.1. The minimum absolute atomic E-state index is 0.0234. The molecule has 0 amide bonds. The molecule has 0 bridgehead atoms. The van der Waals surface area contributed by atoms with Gasteiger partial charge in [0.1, 0.15) is 17.0 Å². The zero-order valence-corrected chi connectivity index (χ0v) is 13.6. The molecule has 2 aromatic heterocycles. The highest BCUT2D eigenvalue weighted by Gasteiger charge is 2.25. The summed E-state index contributed by atoms with van der Waals surface area (Å²) in [7, 11) is 2.09. The van der Waals surface area contributed by atoms with Gasteiger partial charge < -0.3 is 4.90 Å². The first kappa shape index (κ1) is 13.7. The van der Waals surface area contributed by atoms with Crippen LogP contribution in [0, 0.1) is 0 Å². The van der Waals surface area contributed by atoms with Gasteiger partial charge in [0.25, 0.3) is 0 Å². The van der Waals surface area contributed by atoms with E-state index in [4.69, 9.17) is 0 Å². The largest absolute Gasteiger partial charge is 0.353 e. The van der Waals surface area contributed by atoms with Gasteiger partial charge in [0.2, 0.25) is 0 Å². The van der Waals surface area contributed by atoms with Crippen LogP contribution < -0.4 is 4.90 Å². The Hall–Kier alpha value is -0.680. The number of anilines is 1. The summed E-state index contributed by atoms with van der Waals surface area (Å²) < 4.78 is 0. The molecule has 3 nitrogen and oxygen atoms in total. The summed E-state index contributed by atoms with van der Waals surface area (Å²) in [5, 5.41) is 2.06. The maximum atomic E-state index is 4.47. The summed E-state index contributed by atoms with van der Waals surface area (Å²) >= 11 is 5.33. The van der Waals surface area contributed by atoms with Gasteiger partial charge in [-0.15, -0.1) is 11.3 Å². The highest BCUT2D eigenvalue weighted by molar-refractivity contribution is 9.09. The molecule has 5 heteroatoms. The molecule has 0 radical (unpaired) electrons. The second kappa shape index (κ2) is 5.13. The van der Waals surface area contributed by atoms with Gasteiger partial charge in [0.05, 0.1) is 5.39 Å². The lowest BCUT2D eigenvalue weighted by atomic mass is 10.1. The Morgan fingerprint density at radius 2 is 2.11 bits per heavy atom. The maximum absolute atomic E-state index is 4.47. The second-order valence-corrected chi connectivity index (χ2v) is 6.66. The van der Waals surface area contributed by atoms with Crippen LogP contribution in [-0.2, 0) is 6.42 Å². The predicted molar refractivity (Wildman–Crippen MR) is 83.1 cm³/mol. The van der Waals surface area contributed by atoms with Crippen LogP contribution in [0.2, 0.25) is 0 Å². The first-order valence-corrected chi connectivity index (χ1v) is 7.96. The molecule has 0 N–H and O–H groups in total. The summed E-state index contributed by atoms with van der Waals surface area (Å²) in [6, 6.07) is 2.22. The van der Waals surface area contributed by atoms with Crippen molar-refractivity contribution in [2.45, 2.75) is 32.7 Å². The number of aromatic nitrogens is 2. The predicted octanol–water partition coefficient (Wildman–Crippen LogP) is 3.86. The van der Waals surface area contributed by atoms with Gasteiger partial charge in [-0.2, -0.15) is 0 Å². The Balaban J connectivity index is 2.53. The number of rotatable bonds is 4. The van der Waals surface area contributed by atoms with Crippen LogP contribution in [0.15, 0.2) is 12.4 Å². The average molecular weight is 328 g/mol. The molecule has 18 heavy (non-hydrogen) atoms. The van der Waals surface area contributed by atoms with Crippen molar-refractivity contribution in [3.8, 4) is 0 Å². The third-order valence-corrected chi connectivity index (χ3v) is 5.82. The molecule has 0 spiro atoms. The quantitative estimate of drug-likeness (QED) is 0.798. The van der Waals surface area contributed by atoms with Crippen molar-refractivity contribution in [3.63, 3.8) is 0 Å². The molecule has 2 heterocycles. The molecular formula is C13H18BrN3S. The molecule has 0 saturated carbocycles. The van der Waals surface area contributed by atoms with Crippen LogP contribution in [0.25, 0.3) is 10.2 Å². The van der Waals surface area contributed by atoms with Crippen molar-refractivity contribution in [3.05, 3.63) is 17.3 Å². The fourth-order valence-corrected chi connectivity index (χ4v) is 3.02. The van der Waals surface area contributed by atoms with Gasteiger partial charge in [0.15, 0.2) is 0 Å².